The van der Waals surface area contributed by atoms with Crippen molar-refractivity contribution < 1.29 is 18.7 Å². The molecule has 0 fully saturated rings. The molecule has 5 heteroatoms. The summed E-state index contributed by atoms with van der Waals surface area (Å²) in [5.41, 5.74) is 0. The van der Waals surface area contributed by atoms with Crippen molar-refractivity contribution in [3.63, 3.8) is 0 Å². The molecule has 0 spiro atoms. The van der Waals surface area contributed by atoms with E-state index in [-0.39, 0.29) is 0 Å². The van der Waals surface area contributed by atoms with Crippen molar-refractivity contribution in [2.24, 2.45) is 0 Å². The molecule has 0 heterocycles. The molecule has 0 amide bonds. The van der Waals surface area contributed by atoms with Crippen molar-refractivity contribution in [3.8, 4) is 17.2 Å². The van der Waals surface area contributed by atoms with Crippen molar-refractivity contribution in [1.29, 1.82) is 0 Å². The van der Waals surface area contributed by atoms with Crippen LogP contribution in [0, 0.1) is 0 Å². The Balaban J connectivity index is 1.97. The zero-order valence-electron chi connectivity index (χ0n) is 13.9. The van der Waals surface area contributed by atoms with Crippen LogP contribution in [0.15, 0.2) is 91.0 Å². The van der Waals surface area contributed by atoms with Gasteiger partial charge in [0.2, 0.25) is 0 Å². The fraction of sp³-hybridized carbons (Fsp3) is 0.100. The molecule has 25 heavy (non-hydrogen) atoms. The van der Waals surface area contributed by atoms with Crippen molar-refractivity contribution in [1.82, 2.24) is 0 Å². The van der Waals surface area contributed by atoms with Crippen LogP contribution in [-0.2, 0) is 0 Å². The van der Waals surface area contributed by atoms with E-state index in [1.807, 2.05) is 91.0 Å². The van der Waals surface area contributed by atoms with Gasteiger partial charge in [-0.25, -0.2) is 0 Å². The predicted octanol–water partition coefficient (Wildman–Crippen LogP) is 5.06. The van der Waals surface area contributed by atoms with Gasteiger partial charge in [-0.1, -0.05) is 0 Å². The predicted molar refractivity (Wildman–Crippen MR) is 101 cm³/mol. The molecule has 0 aliphatic carbocycles. The van der Waals surface area contributed by atoms with Crippen LogP contribution in [0.2, 0.25) is 0 Å². The minimum atomic E-state index is -3.54. The van der Waals surface area contributed by atoms with Gasteiger partial charge in [-0.2, -0.15) is 0 Å². The molecule has 4 nitrogen and oxygen atoms in total. The minimum absolute atomic E-state index is 0.585. The Morgan fingerprint density at radius 2 is 0.880 bits per heavy atom. The van der Waals surface area contributed by atoms with Crippen LogP contribution in [0.5, 0.6) is 17.2 Å². The fourth-order valence-electron chi connectivity index (χ4n) is 2.28. The van der Waals surface area contributed by atoms with Gasteiger partial charge >= 0.3 is 148 Å². The molecule has 3 aromatic rings. The number of benzene rings is 3. The third-order valence-corrected chi connectivity index (χ3v) is 6.11. The molecule has 1 unspecified atom stereocenters. The van der Waals surface area contributed by atoms with Gasteiger partial charge in [-0.05, 0) is 0 Å². The van der Waals surface area contributed by atoms with Crippen LogP contribution in [0.3, 0.4) is 0 Å². The summed E-state index contributed by atoms with van der Waals surface area (Å²) in [6.07, 6.45) is 0. The number of aliphatic hydroxyl groups is 1. The fourth-order valence-corrected chi connectivity index (χ4v) is 4.31. The Kier molecular flexibility index (Phi) is 5.54. The summed E-state index contributed by atoms with van der Waals surface area (Å²) in [6.45, 7) is 1.63. The van der Waals surface area contributed by atoms with E-state index in [0.29, 0.717) is 17.2 Å². The molecule has 0 saturated heterocycles. The summed E-state index contributed by atoms with van der Waals surface area (Å²) in [6, 6.07) is 27.7. The molecule has 0 aromatic heterocycles. The first kappa shape index (κ1) is 17.3. The molecular weight excluding hydrogens is 335 g/mol. The van der Waals surface area contributed by atoms with Crippen molar-refractivity contribution in [2.45, 2.75) is 12.8 Å². The average molecular weight is 356 g/mol. The second kappa shape index (κ2) is 8.02. The standard InChI is InChI=1S/C20H21O4P/c1-17(21)25(22-18-11-5-2-6-12-18,23-19-13-7-3-8-14-19)24-20-15-9-4-10-16-20/h2-17,21,25H,1H3. The molecular formula is C20H21O4P. The van der Waals surface area contributed by atoms with Gasteiger partial charge in [-0.3, -0.25) is 0 Å². The molecule has 0 bridgehead atoms. The van der Waals surface area contributed by atoms with Gasteiger partial charge in [0.1, 0.15) is 0 Å². The summed E-state index contributed by atoms with van der Waals surface area (Å²) in [7, 11) is -3.54. The van der Waals surface area contributed by atoms with Crippen LogP contribution in [0.4, 0.5) is 0 Å². The average Bonchev–Trinajstić information content (AvgIpc) is 2.64. The van der Waals surface area contributed by atoms with E-state index < -0.39 is 13.8 Å². The van der Waals surface area contributed by atoms with E-state index in [1.165, 1.54) is 0 Å². The summed E-state index contributed by atoms with van der Waals surface area (Å²) in [5.74, 6) is 0.818. The first-order chi connectivity index (χ1) is 12.2. The van der Waals surface area contributed by atoms with Gasteiger partial charge in [0.25, 0.3) is 0 Å². The van der Waals surface area contributed by atoms with E-state index >= 15 is 0 Å². The normalized spacial score (nSPS) is 12.9. The monoisotopic (exact) mass is 356 g/mol. The molecule has 0 aliphatic rings. The maximum absolute atomic E-state index is 10.5. The second-order valence-corrected chi connectivity index (χ2v) is 8.18. The molecule has 0 aliphatic heterocycles. The molecule has 3 aromatic carbocycles. The summed E-state index contributed by atoms with van der Waals surface area (Å²) in [5, 5.41) is 10.5. The Hall–Kier alpha value is -2.55. The Labute approximate surface area is 148 Å². The van der Waals surface area contributed by atoms with E-state index in [1.54, 1.807) is 6.92 Å². The topological polar surface area (TPSA) is 47.9 Å². The summed E-state index contributed by atoms with van der Waals surface area (Å²) >= 11 is 0. The van der Waals surface area contributed by atoms with Crippen molar-refractivity contribution >= 4 is 7.94 Å². The van der Waals surface area contributed by atoms with E-state index in [2.05, 4.69) is 0 Å². The summed E-state index contributed by atoms with van der Waals surface area (Å²) < 4.78 is 18.3. The first-order valence-electron chi connectivity index (χ1n) is 8.08. The van der Waals surface area contributed by atoms with Gasteiger partial charge < -0.3 is 0 Å². The number of rotatable bonds is 7. The molecule has 130 valence electrons. The van der Waals surface area contributed by atoms with E-state index in [0.717, 1.165) is 0 Å². The van der Waals surface area contributed by atoms with Crippen molar-refractivity contribution in [2.75, 3.05) is 0 Å². The number of para-hydroxylation sites is 3. The molecule has 0 saturated carbocycles. The molecule has 3 rings (SSSR count). The quantitative estimate of drug-likeness (QED) is 0.602. The number of hydrogen-bond acceptors (Lipinski definition) is 4. The van der Waals surface area contributed by atoms with Crippen LogP contribution in [-0.4, -0.2) is 11.0 Å². The zero-order valence-corrected chi connectivity index (χ0v) is 14.9. The van der Waals surface area contributed by atoms with E-state index in [4.69, 9.17) is 13.6 Å². The number of aliphatic hydroxyl groups excluding tert-OH is 1. The maximum atomic E-state index is 10.5. The number of hydrogen-bond donors (Lipinski definition) is 1. The Bertz CT molecular complexity index is 662. The van der Waals surface area contributed by atoms with Gasteiger partial charge in [-0.15, -0.1) is 0 Å². The third-order valence-electron chi connectivity index (χ3n) is 3.52. The van der Waals surface area contributed by atoms with Crippen LogP contribution in [0.25, 0.3) is 0 Å². The van der Waals surface area contributed by atoms with Gasteiger partial charge in [0, 0.05) is 0 Å². The van der Waals surface area contributed by atoms with E-state index in [9.17, 15) is 5.11 Å². The SMILES string of the molecule is CC(O)[PH](Oc1ccccc1)(Oc1ccccc1)Oc1ccccc1. The Morgan fingerprint density at radius 3 is 1.12 bits per heavy atom. The van der Waals surface area contributed by atoms with Gasteiger partial charge in [0.15, 0.2) is 0 Å². The first-order valence-corrected chi connectivity index (χ1v) is 9.88. The van der Waals surface area contributed by atoms with Crippen LogP contribution >= 0.6 is 7.94 Å². The Morgan fingerprint density at radius 1 is 0.600 bits per heavy atom. The third kappa shape index (κ3) is 4.50. The van der Waals surface area contributed by atoms with Crippen LogP contribution < -0.4 is 13.6 Å². The summed E-state index contributed by atoms with van der Waals surface area (Å²) in [4.78, 5) is 0. The molecule has 1 atom stereocenters. The zero-order chi connectivity index (χ0) is 17.5. The van der Waals surface area contributed by atoms with Crippen LogP contribution in [0.1, 0.15) is 6.92 Å². The molecule has 0 radical (unpaired) electrons. The van der Waals surface area contributed by atoms with Gasteiger partial charge in [0.05, 0.1) is 0 Å². The second-order valence-electron chi connectivity index (χ2n) is 5.52. The molecule has 1 N–H and O–H groups in total. The van der Waals surface area contributed by atoms with Crippen molar-refractivity contribution in [3.05, 3.63) is 91.0 Å².